The second kappa shape index (κ2) is 7.31. The van der Waals surface area contributed by atoms with E-state index in [4.69, 9.17) is 5.73 Å². The van der Waals surface area contributed by atoms with Crippen LogP contribution in [0.2, 0.25) is 0 Å². The van der Waals surface area contributed by atoms with Crippen molar-refractivity contribution in [1.29, 1.82) is 0 Å². The summed E-state index contributed by atoms with van der Waals surface area (Å²) in [4.78, 5) is 18.1. The second-order valence-electron chi connectivity index (χ2n) is 4.83. The number of nitrogens with zero attached hydrogens (tertiary/aromatic N) is 2. The zero-order valence-corrected chi connectivity index (χ0v) is 11.9. The number of anilines is 2. The minimum Gasteiger partial charge on any atom is -0.370 e. The molecule has 106 valence electrons. The molecule has 0 aromatic carbocycles. The van der Waals surface area contributed by atoms with E-state index in [1.807, 2.05) is 25.3 Å². The number of carbonyl (C=O) groups excluding carboxylic acids is 1. The molecule has 1 atom stereocenters. The van der Waals surface area contributed by atoms with Gasteiger partial charge in [-0.1, -0.05) is 0 Å². The van der Waals surface area contributed by atoms with Gasteiger partial charge in [0.1, 0.15) is 5.82 Å². The van der Waals surface area contributed by atoms with Crippen LogP contribution in [-0.4, -0.2) is 30.0 Å². The van der Waals surface area contributed by atoms with E-state index < -0.39 is 0 Å². The first-order chi connectivity index (χ1) is 8.65. The highest BCUT2D eigenvalue weighted by Gasteiger charge is 2.12. The minimum absolute atomic E-state index is 0. The molecule has 0 radical (unpaired) electrons. The van der Waals surface area contributed by atoms with Crippen molar-refractivity contribution in [3.05, 3.63) is 18.3 Å². The van der Waals surface area contributed by atoms with Crippen molar-refractivity contribution >= 4 is 29.8 Å². The number of nitrogens with one attached hydrogen (secondary N) is 1. The zero-order valence-electron chi connectivity index (χ0n) is 11.1. The average Bonchev–Trinajstić information content (AvgIpc) is 2.82. The van der Waals surface area contributed by atoms with Gasteiger partial charge in [-0.15, -0.1) is 12.4 Å². The molecule has 2 heterocycles. The summed E-state index contributed by atoms with van der Waals surface area (Å²) in [7, 11) is 0. The molecule has 6 heteroatoms. The molecule has 0 aliphatic carbocycles. The van der Waals surface area contributed by atoms with Crippen LogP contribution < -0.4 is 16.0 Å². The number of carbonyl (C=O) groups is 1. The van der Waals surface area contributed by atoms with Crippen molar-refractivity contribution in [2.45, 2.75) is 32.2 Å². The Balaban J connectivity index is 0.00000180. The molecule has 1 aromatic heterocycles. The van der Waals surface area contributed by atoms with E-state index in [0.717, 1.165) is 18.8 Å². The summed E-state index contributed by atoms with van der Waals surface area (Å²) < 4.78 is 0. The Bertz CT molecular complexity index is 402. The van der Waals surface area contributed by atoms with E-state index in [2.05, 4.69) is 15.2 Å². The van der Waals surface area contributed by atoms with Crippen molar-refractivity contribution in [3.8, 4) is 0 Å². The molecule has 1 amide bonds. The van der Waals surface area contributed by atoms with Gasteiger partial charge in [-0.3, -0.25) is 4.79 Å². The Hall–Kier alpha value is -1.33. The lowest BCUT2D eigenvalue weighted by molar-refractivity contribution is -0.116. The fourth-order valence-electron chi connectivity index (χ4n) is 2.11. The smallest absolute Gasteiger partial charge is 0.227 e. The maximum atomic E-state index is 11.5. The van der Waals surface area contributed by atoms with Crippen LogP contribution in [0.1, 0.15) is 26.2 Å². The first kappa shape index (κ1) is 15.7. The highest BCUT2D eigenvalue weighted by molar-refractivity contribution is 5.90. The highest BCUT2D eigenvalue weighted by atomic mass is 35.5. The lowest BCUT2D eigenvalue weighted by Gasteiger charge is -2.17. The maximum Gasteiger partial charge on any atom is 0.227 e. The topological polar surface area (TPSA) is 71.2 Å². The molecule has 0 spiro atoms. The number of amides is 1. The summed E-state index contributed by atoms with van der Waals surface area (Å²) in [5, 5.41) is 2.74. The molecule has 1 aliphatic rings. The first-order valence-electron chi connectivity index (χ1n) is 6.41. The number of nitrogens with two attached hydrogens (primary N) is 1. The van der Waals surface area contributed by atoms with Gasteiger partial charge in [0.05, 0.1) is 11.9 Å². The third-order valence-corrected chi connectivity index (χ3v) is 2.99. The zero-order chi connectivity index (χ0) is 13.0. The molecule has 2 rings (SSSR count). The summed E-state index contributed by atoms with van der Waals surface area (Å²) in [6.07, 6.45) is 4.61. The molecule has 5 nitrogen and oxygen atoms in total. The molecular weight excluding hydrogens is 264 g/mol. The van der Waals surface area contributed by atoms with Crippen LogP contribution >= 0.6 is 12.4 Å². The van der Waals surface area contributed by atoms with Crippen LogP contribution in [0.4, 0.5) is 11.5 Å². The molecule has 0 bridgehead atoms. The van der Waals surface area contributed by atoms with Gasteiger partial charge in [0.25, 0.3) is 0 Å². The molecule has 3 N–H and O–H groups in total. The molecule has 1 saturated heterocycles. The van der Waals surface area contributed by atoms with Crippen LogP contribution in [-0.2, 0) is 4.79 Å². The number of rotatable bonds is 4. The number of aromatic nitrogens is 1. The normalized spacial score (nSPS) is 15.8. The second-order valence-corrected chi connectivity index (χ2v) is 4.83. The Labute approximate surface area is 120 Å². The summed E-state index contributed by atoms with van der Waals surface area (Å²) >= 11 is 0. The maximum absolute atomic E-state index is 11.5. The molecule has 1 aliphatic heterocycles. The van der Waals surface area contributed by atoms with Crippen LogP contribution in [0.3, 0.4) is 0 Å². The molecular formula is C13H21ClN4O. The number of halogens is 1. The molecule has 0 saturated carbocycles. The van der Waals surface area contributed by atoms with E-state index in [1.165, 1.54) is 12.8 Å². The van der Waals surface area contributed by atoms with E-state index in [9.17, 15) is 4.79 Å². The van der Waals surface area contributed by atoms with Crippen LogP contribution in [0.25, 0.3) is 0 Å². The number of hydrogen-bond acceptors (Lipinski definition) is 4. The molecule has 1 unspecified atom stereocenters. The van der Waals surface area contributed by atoms with Crippen LogP contribution in [0.15, 0.2) is 18.3 Å². The van der Waals surface area contributed by atoms with Gasteiger partial charge in [-0.25, -0.2) is 4.98 Å². The fourth-order valence-corrected chi connectivity index (χ4v) is 2.11. The van der Waals surface area contributed by atoms with Crippen molar-refractivity contribution in [2.75, 3.05) is 23.3 Å². The molecule has 1 fully saturated rings. The standard InChI is InChI=1S/C13H20N4O.ClH/c1-10(14)8-13(18)16-12-5-4-11(9-15-12)17-6-2-3-7-17;/h4-5,9-10H,2-3,6-8,14H2,1H3,(H,15,16,18);1H. The first-order valence-corrected chi connectivity index (χ1v) is 6.41. The summed E-state index contributed by atoms with van der Waals surface area (Å²) in [5.41, 5.74) is 6.69. The lowest BCUT2D eigenvalue weighted by atomic mass is 10.2. The summed E-state index contributed by atoms with van der Waals surface area (Å²) in [5.74, 6) is 0.495. The van der Waals surface area contributed by atoms with Crippen molar-refractivity contribution in [1.82, 2.24) is 4.98 Å². The third-order valence-electron chi connectivity index (χ3n) is 2.99. The Kier molecular flexibility index (Phi) is 6.05. The van der Waals surface area contributed by atoms with E-state index in [0.29, 0.717) is 12.2 Å². The molecule has 19 heavy (non-hydrogen) atoms. The predicted octanol–water partition coefficient (Wildman–Crippen LogP) is 1.78. The van der Waals surface area contributed by atoms with Gasteiger partial charge in [-0.05, 0) is 31.9 Å². The van der Waals surface area contributed by atoms with E-state index in [1.54, 1.807) is 0 Å². The van der Waals surface area contributed by atoms with Gasteiger partial charge in [-0.2, -0.15) is 0 Å². The summed E-state index contributed by atoms with van der Waals surface area (Å²) in [6.45, 7) is 4.00. The lowest BCUT2D eigenvalue weighted by Crippen LogP contribution is -2.24. The van der Waals surface area contributed by atoms with Crippen LogP contribution in [0.5, 0.6) is 0 Å². The van der Waals surface area contributed by atoms with Crippen molar-refractivity contribution < 1.29 is 4.79 Å². The Morgan fingerprint density at radius 3 is 2.68 bits per heavy atom. The van der Waals surface area contributed by atoms with Crippen molar-refractivity contribution in [3.63, 3.8) is 0 Å². The fraction of sp³-hybridized carbons (Fsp3) is 0.538. The minimum atomic E-state index is -0.131. The summed E-state index contributed by atoms with van der Waals surface area (Å²) in [6, 6.07) is 3.71. The largest absolute Gasteiger partial charge is 0.370 e. The quantitative estimate of drug-likeness (QED) is 0.884. The Morgan fingerprint density at radius 2 is 2.16 bits per heavy atom. The number of hydrogen-bond donors (Lipinski definition) is 2. The van der Waals surface area contributed by atoms with Crippen LogP contribution in [0, 0.1) is 0 Å². The predicted molar refractivity (Wildman–Crippen MR) is 79.8 cm³/mol. The van der Waals surface area contributed by atoms with E-state index >= 15 is 0 Å². The van der Waals surface area contributed by atoms with Gasteiger partial charge in [0.15, 0.2) is 0 Å². The van der Waals surface area contributed by atoms with Gasteiger partial charge >= 0.3 is 0 Å². The van der Waals surface area contributed by atoms with Gasteiger partial charge in [0.2, 0.25) is 5.91 Å². The number of pyridine rings is 1. The average molecular weight is 285 g/mol. The van der Waals surface area contributed by atoms with Crippen molar-refractivity contribution in [2.24, 2.45) is 5.73 Å². The van der Waals surface area contributed by atoms with E-state index in [-0.39, 0.29) is 24.4 Å². The third kappa shape index (κ3) is 4.69. The highest BCUT2D eigenvalue weighted by Crippen LogP contribution is 2.20. The molecule has 1 aromatic rings. The van der Waals surface area contributed by atoms with Gasteiger partial charge < -0.3 is 16.0 Å². The SMILES string of the molecule is CC(N)CC(=O)Nc1ccc(N2CCCC2)cn1.Cl. The van der Waals surface area contributed by atoms with Gasteiger partial charge in [0, 0.05) is 25.6 Å². The Morgan fingerprint density at radius 1 is 1.47 bits per heavy atom. The monoisotopic (exact) mass is 284 g/mol.